The van der Waals surface area contributed by atoms with Crippen LogP contribution in [0.4, 0.5) is 23.0 Å². The highest BCUT2D eigenvalue weighted by molar-refractivity contribution is 7.92. The van der Waals surface area contributed by atoms with Crippen LogP contribution in [-0.2, 0) is 21.2 Å². The van der Waals surface area contributed by atoms with Crippen molar-refractivity contribution >= 4 is 49.8 Å². The Morgan fingerprint density at radius 2 is 1.94 bits per heavy atom. The number of benzene rings is 1. The van der Waals surface area contributed by atoms with Gasteiger partial charge in [-0.15, -0.1) is 0 Å². The predicted octanol–water partition coefficient (Wildman–Crippen LogP) is 3.26. The maximum atomic E-state index is 12.1. The number of rotatable bonds is 5. The Bertz CT molecular complexity index is 1480. The molecule has 4 aromatic rings. The van der Waals surface area contributed by atoms with Gasteiger partial charge in [-0.2, -0.15) is 0 Å². The number of amides is 1. The van der Waals surface area contributed by atoms with Crippen LogP contribution in [0.2, 0.25) is 0 Å². The average Bonchev–Trinajstić information content (AvgIpc) is 3.35. The Morgan fingerprint density at radius 1 is 1.09 bits per heavy atom. The van der Waals surface area contributed by atoms with Gasteiger partial charge in [-0.05, 0) is 48.0 Å². The molecule has 5 rings (SSSR count). The summed E-state index contributed by atoms with van der Waals surface area (Å²) in [6.45, 7) is 0. The number of sulfonamides is 1. The van der Waals surface area contributed by atoms with E-state index < -0.39 is 10.0 Å². The molecule has 0 bridgehead atoms. The third-order valence-corrected chi connectivity index (χ3v) is 6.58. The van der Waals surface area contributed by atoms with E-state index in [0.717, 1.165) is 44.1 Å². The second-order valence-corrected chi connectivity index (χ2v) is 9.65. The van der Waals surface area contributed by atoms with Crippen LogP contribution < -0.4 is 14.9 Å². The van der Waals surface area contributed by atoms with Crippen molar-refractivity contribution in [3.63, 3.8) is 0 Å². The molecule has 0 unspecified atom stereocenters. The molecule has 32 heavy (non-hydrogen) atoms. The Morgan fingerprint density at radius 3 is 2.75 bits per heavy atom. The zero-order valence-electron chi connectivity index (χ0n) is 17.4. The van der Waals surface area contributed by atoms with Crippen LogP contribution in [0.5, 0.6) is 0 Å². The van der Waals surface area contributed by atoms with E-state index in [1.54, 1.807) is 18.5 Å². The first-order valence-corrected chi connectivity index (χ1v) is 11.7. The molecular weight excluding hydrogens is 428 g/mol. The minimum atomic E-state index is -3.47. The lowest BCUT2D eigenvalue weighted by Crippen LogP contribution is -2.26. The average molecular weight is 449 g/mol. The number of carbonyl (C=O) groups is 1. The highest BCUT2D eigenvalue weighted by Crippen LogP contribution is 2.34. The van der Waals surface area contributed by atoms with Crippen molar-refractivity contribution in [1.29, 1.82) is 0 Å². The van der Waals surface area contributed by atoms with E-state index in [4.69, 9.17) is 0 Å². The largest absolute Gasteiger partial charge is 0.351 e. The molecular formula is C22H20N6O3S. The Hall–Kier alpha value is -3.92. The van der Waals surface area contributed by atoms with Crippen molar-refractivity contribution < 1.29 is 13.2 Å². The number of fused-ring (bicyclic) bond motifs is 2. The molecule has 0 atom stereocenters. The number of hydrogen-bond acceptors (Lipinski definition) is 6. The van der Waals surface area contributed by atoms with E-state index in [0.29, 0.717) is 23.6 Å². The zero-order valence-corrected chi connectivity index (χ0v) is 18.2. The van der Waals surface area contributed by atoms with E-state index in [-0.39, 0.29) is 5.91 Å². The number of pyridine rings is 2. The number of H-pyrrole nitrogens is 1. The van der Waals surface area contributed by atoms with Gasteiger partial charge in [0.2, 0.25) is 15.9 Å². The number of nitrogens with zero attached hydrogens (tertiary/aromatic N) is 3. The number of aromatic nitrogens is 3. The SMILES string of the molecule is CN(c1ncccc1-c1cc2ccnc(Nc3ccc4c(c3)CC(=O)N4)c2[nH]1)S(C)(=O)=O. The van der Waals surface area contributed by atoms with Gasteiger partial charge in [0.05, 0.1) is 23.9 Å². The lowest BCUT2D eigenvalue weighted by molar-refractivity contribution is -0.115. The van der Waals surface area contributed by atoms with Gasteiger partial charge in [0.1, 0.15) is 0 Å². The second kappa shape index (κ2) is 7.34. The molecule has 1 aromatic carbocycles. The summed E-state index contributed by atoms with van der Waals surface area (Å²) < 4.78 is 25.3. The van der Waals surface area contributed by atoms with Gasteiger partial charge in [0.15, 0.2) is 11.6 Å². The monoisotopic (exact) mass is 448 g/mol. The summed E-state index contributed by atoms with van der Waals surface area (Å²) in [4.78, 5) is 23.7. The molecule has 1 amide bonds. The van der Waals surface area contributed by atoms with E-state index in [2.05, 4.69) is 25.6 Å². The topological polar surface area (TPSA) is 120 Å². The van der Waals surface area contributed by atoms with Crippen LogP contribution in [0.15, 0.2) is 54.9 Å². The first kappa shape index (κ1) is 20.0. The molecule has 0 radical (unpaired) electrons. The lowest BCUT2D eigenvalue weighted by Gasteiger charge is -2.18. The second-order valence-electron chi connectivity index (χ2n) is 7.63. The van der Waals surface area contributed by atoms with Crippen molar-refractivity contribution in [2.45, 2.75) is 6.42 Å². The molecule has 9 nitrogen and oxygen atoms in total. The fraction of sp³-hybridized carbons (Fsp3) is 0.136. The summed E-state index contributed by atoms with van der Waals surface area (Å²) >= 11 is 0. The smallest absolute Gasteiger partial charge is 0.233 e. The van der Waals surface area contributed by atoms with Crippen molar-refractivity contribution in [2.75, 3.05) is 28.2 Å². The molecule has 162 valence electrons. The molecule has 0 aliphatic carbocycles. The van der Waals surface area contributed by atoms with Crippen molar-refractivity contribution in [2.24, 2.45) is 0 Å². The highest BCUT2D eigenvalue weighted by atomic mass is 32.2. The van der Waals surface area contributed by atoms with Crippen molar-refractivity contribution in [1.82, 2.24) is 15.0 Å². The first-order valence-electron chi connectivity index (χ1n) is 9.86. The van der Waals surface area contributed by atoms with Gasteiger partial charge in [0.25, 0.3) is 0 Å². The summed E-state index contributed by atoms with van der Waals surface area (Å²) in [5, 5.41) is 7.05. The van der Waals surface area contributed by atoms with E-state index in [1.165, 1.54) is 7.05 Å². The molecule has 3 aromatic heterocycles. The number of nitrogens with one attached hydrogen (secondary N) is 3. The normalized spacial score (nSPS) is 13.1. The molecule has 1 aliphatic rings. The molecule has 0 spiro atoms. The maximum Gasteiger partial charge on any atom is 0.233 e. The van der Waals surface area contributed by atoms with Gasteiger partial charge in [-0.25, -0.2) is 18.4 Å². The summed E-state index contributed by atoms with van der Waals surface area (Å²) in [6.07, 6.45) is 4.76. The summed E-state index contributed by atoms with van der Waals surface area (Å²) in [5.74, 6) is 0.936. The van der Waals surface area contributed by atoms with E-state index in [1.807, 2.05) is 36.4 Å². The summed E-state index contributed by atoms with van der Waals surface area (Å²) in [6, 6.07) is 13.1. The fourth-order valence-electron chi connectivity index (χ4n) is 3.75. The molecule has 10 heteroatoms. The van der Waals surface area contributed by atoms with Gasteiger partial charge in [-0.3, -0.25) is 9.10 Å². The minimum Gasteiger partial charge on any atom is -0.351 e. The number of carbonyl (C=O) groups excluding carboxylic acids is 1. The standard InChI is InChI=1S/C22H20N6O3S/c1-28(32(2,30)31)22-16(4-3-8-24-22)18-11-13-7-9-23-21(20(13)27-18)25-15-5-6-17-14(10-15)12-19(29)26-17/h3-11,27H,12H2,1-2H3,(H,23,25)(H,26,29). The Labute approximate surface area is 184 Å². The molecule has 0 fully saturated rings. The quantitative estimate of drug-likeness (QED) is 0.431. The summed E-state index contributed by atoms with van der Waals surface area (Å²) in [7, 11) is -1.99. The van der Waals surface area contributed by atoms with Crippen LogP contribution in [-0.4, -0.2) is 42.6 Å². The van der Waals surface area contributed by atoms with Gasteiger partial charge in [0, 0.05) is 41.8 Å². The van der Waals surface area contributed by atoms with Gasteiger partial charge < -0.3 is 15.6 Å². The molecule has 3 N–H and O–H groups in total. The van der Waals surface area contributed by atoms with E-state index in [9.17, 15) is 13.2 Å². The van der Waals surface area contributed by atoms with Crippen molar-refractivity contribution in [3.05, 3.63) is 60.4 Å². The van der Waals surface area contributed by atoms with Gasteiger partial charge in [-0.1, -0.05) is 0 Å². The number of hydrogen-bond donors (Lipinski definition) is 3. The minimum absolute atomic E-state index is 0.0160. The first-order chi connectivity index (χ1) is 15.3. The molecule has 4 heterocycles. The Kier molecular flexibility index (Phi) is 4.59. The van der Waals surface area contributed by atoms with Crippen LogP contribution in [0.3, 0.4) is 0 Å². The Balaban J connectivity index is 1.54. The number of anilines is 4. The lowest BCUT2D eigenvalue weighted by atomic mass is 10.1. The van der Waals surface area contributed by atoms with Crippen LogP contribution in [0, 0.1) is 0 Å². The summed E-state index contributed by atoms with van der Waals surface area (Å²) in [5.41, 5.74) is 4.73. The highest BCUT2D eigenvalue weighted by Gasteiger charge is 2.20. The molecule has 0 saturated carbocycles. The third kappa shape index (κ3) is 3.54. The third-order valence-electron chi connectivity index (χ3n) is 5.41. The van der Waals surface area contributed by atoms with Gasteiger partial charge >= 0.3 is 0 Å². The van der Waals surface area contributed by atoms with Crippen LogP contribution in [0.1, 0.15) is 5.56 Å². The van der Waals surface area contributed by atoms with E-state index >= 15 is 0 Å². The number of aromatic amines is 1. The molecule has 0 saturated heterocycles. The maximum absolute atomic E-state index is 12.1. The predicted molar refractivity (Wildman–Crippen MR) is 125 cm³/mol. The fourth-order valence-corrected chi connectivity index (χ4v) is 4.21. The molecule has 1 aliphatic heterocycles. The van der Waals surface area contributed by atoms with Crippen molar-refractivity contribution in [3.8, 4) is 11.3 Å². The zero-order chi connectivity index (χ0) is 22.5. The van der Waals surface area contributed by atoms with Crippen LogP contribution in [0.25, 0.3) is 22.2 Å². The van der Waals surface area contributed by atoms with Crippen LogP contribution >= 0.6 is 0 Å².